The summed E-state index contributed by atoms with van der Waals surface area (Å²) in [6.07, 6.45) is 2.39. The standard InChI is InChI=1S/C15H22N2O/c1-11-10-13(15(18)17(2)3)4-5-14(11)12-6-8-16-9-7-12/h4-5,10,12,16H,6-9H2,1-3H3. The van der Waals surface area contributed by atoms with Crippen molar-refractivity contribution in [3.63, 3.8) is 0 Å². The van der Waals surface area contributed by atoms with Gasteiger partial charge in [-0.25, -0.2) is 0 Å². The first-order valence-corrected chi connectivity index (χ1v) is 6.62. The van der Waals surface area contributed by atoms with Crippen molar-refractivity contribution in [2.45, 2.75) is 25.7 Å². The van der Waals surface area contributed by atoms with Crippen LogP contribution in [0.25, 0.3) is 0 Å². The van der Waals surface area contributed by atoms with Gasteiger partial charge in [0.2, 0.25) is 0 Å². The molecule has 0 unspecified atom stereocenters. The number of carbonyl (C=O) groups excluding carboxylic acids is 1. The third kappa shape index (κ3) is 2.72. The molecule has 1 aromatic rings. The number of amides is 1. The first-order valence-electron chi connectivity index (χ1n) is 6.62. The molecule has 0 saturated carbocycles. The number of benzene rings is 1. The van der Waals surface area contributed by atoms with E-state index in [1.165, 1.54) is 24.0 Å². The largest absolute Gasteiger partial charge is 0.345 e. The third-order valence-corrected chi connectivity index (χ3v) is 3.70. The molecular formula is C15H22N2O. The third-order valence-electron chi connectivity index (χ3n) is 3.70. The van der Waals surface area contributed by atoms with E-state index < -0.39 is 0 Å². The molecule has 1 amide bonds. The smallest absolute Gasteiger partial charge is 0.253 e. The van der Waals surface area contributed by atoms with Gasteiger partial charge in [-0.1, -0.05) is 6.07 Å². The number of hydrogen-bond donors (Lipinski definition) is 1. The topological polar surface area (TPSA) is 32.3 Å². The van der Waals surface area contributed by atoms with Crippen molar-refractivity contribution in [2.75, 3.05) is 27.2 Å². The summed E-state index contributed by atoms with van der Waals surface area (Å²) in [5.74, 6) is 0.727. The van der Waals surface area contributed by atoms with Gasteiger partial charge in [0.25, 0.3) is 5.91 Å². The molecule has 3 heteroatoms. The van der Waals surface area contributed by atoms with Crippen LogP contribution in [0.4, 0.5) is 0 Å². The van der Waals surface area contributed by atoms with Crippen LogP contribution < -0.4 is 5.32 Å². The molecule has 1 saturated heterocycles. The molecule has 0 radical (unpaired) electrons. The predicted octanol–water partition coefficient (Wildman–Crippen LogP) is 2.16. The predicted molar refractivity (Wildman–Crippen MR) is 74.0 cm³/mol. The van der Waals surface area contributed by atoms with Gasteiger partial charge in [-0.3, -0.25) is 4.79 Å². The van der Waals surface area contributed by atoms with Crippen LogP contribution in [-0.2, 0) is 0 Å². The Balaban J connectivity index is 2.21. The van der Waals surface area contributed by atoms with Gasteiger partial charge in [0.1, 0.15) is 0 Å². The molecule has 1 N–H and O–H groups in total. The van der Waals surface area contributed by atoms with E-state index in [2.05, 4.69) is 18.3 Å². The molecule has 0 aromatic heterocycles. The Hall–Kier alpha value is -1.35. The Labute approximate surface area is 109 Å². The van der Waals surface area contributed by atoms with Gasteiger partial charge in [0, 0.05) is 19.7 Å². The van der Waals surface area contributed by atoms with Crippen molar-refractivity contribution >= 4 is 5.91 Å². The summed E-state index contributed by atoms with van der Waals surface area (Å²) in [7, 11) is 3.58. The van der Waals surface area contributed by atoms with Crippen molar-refractivity contribution in [1.82, 2.24) is 10.2 Å². The fourth-order valence-corrected chi connectivity index (χ4v) is 2.66. The molecule has 1 aliphatic heterocycles. The Morgan fingerprint density at radius 1 is 1.28 bits per heavy atom. The summed E-state index contributed by atoms with van der Waals surface area (Å²) >= 11 is 0. The Kier molecular flexibility index (Phi) is 4.02. The lowest BCUT2D eigenvalue weighted by atomic mass is 9.87. The van der Waals surface area contributed by atoms with Crippen LogP contribution in [0.15, 0.2) is 18.2 Å². The molecule has 98 valence electrons. The van der Waals surface area contributed by atoms with E-state index in [0.717, 1.165) is 18.7 Å². The van der Waals surface area contributed by atoms with Crippen LogP contribution in [-0.4, -0.2) is 38.0 Å². The first kappa shape index (κ1) is 13.1. The lowest BCUT2D eigenvalue weighted by Crippen LogP contribution is -2.27. The van der Waals surface area contributed by atoms with Gasteiger partial charge in [-0.2, -0.15) is 0 Å². The van der Waals surface area contributed by atoms with Crippen LogP contribution in [0.1, 0.15) is 40.2 Å². The lowest BCUT2D eigenvalue weighted by Gasteiger charge is -2.25. The van der Waals surface area contributed by atoms with E-state index in [1.54, 1.807) is 19.0 Å². The molecule has 1 heterocycles. The summed E-state index contributed by atoms with van der Waals surface area (Å²) in [6.45, 7) is 4.31. The molecule has 0 aliphatic carbocycles. The highest BCUT2D eigenvalue weighted by Crippen LogP contribution is 2.28. The number of carbonyl (C=O) groups is 1. The Morgan fingerprint density at radius 3 is 2.50 bits per heavy atom. The maximum Gasteiger partial charge on any atom is 0.253 e. The minimum Gasteiger partial charge on any atom is -0.345 e. The Bertz CT molecular complexity index is 434. The van der Waals surface area contributed by atoms with Gasteiger partial charge in [0.15, 0.2) is 0 Å². The second-order valence-electron chi connectivity index (χ2n) is 5.30. The monoisotopic (exact) mass is 246 g/mol. The average molecular weight is 246 g/mol. The van der Waals surface area contributed by atoms with Gasteiger partial charge in [-0.15, -0.1) is 0 Å². The van der Waals surface area contributed by atoms with E-state index in [4.69, 9.17) is 0 Å². The zero-order chi connectivity index (χ0) is 13.1. The minimum atomic E-state index is 0.0787. The van der Waals surface area contributed by atoms with Crippen molar-refractivity contribution in [1.29, 1.82) is 0 Å². The number of piperidine rings is 1. The summed E-state index contributed by atoms with van der Waals surface area (Å²) < 4.78 is 0. The highest BCUT2D eigenvalue weighted by Gasteiger charge is 2.18. The fraction of sp³-hybridized carbons (Fsp3) is 0.533. The van der Waals surface area contributed by atoms with E-state index in [0.29, 0.717) is 5.92 Å². The van der Waals surface area contributed by atoms with Crippen LogP contribution in [0.5, 0.6) is 0 Å². The molecule has 3 nitrogen and oxygen atoms in total. The van der Waals surface area contributed by atoms with Crippen LogP contribution >= 0.6 is 0 Å². The second-order valence-corrected chi connectivity index (χ2v) is 5.30. The van der Waals surface area contributed by atoms with Gasteiger partial charge in [-0.05, 0) is 62.0 Å². The fourth-order valence-electron chi connectivity index (χ4n) is 2.66. The zero-order valence-corrected chi connectivity index (χ0v) is 11.5. The normalized spacial score (nSPS) is 16.6. The van der Waals surface area contributed by atoms with Crippen molar-refractivity contribution < 1.29 is 4.79 Å². The average Bonchev–Trinajstić information content (AvgIpc) is 2.38. The molecule has 0 bridgehead atoms. The summed E-state index contributed by atoms with van der Waals surface area (Å²) in [6, 6.07) is 6.13. The SMILES string of the molecule is Cc1cc(C(=O)N(C)C)ccc1C1CCNCC1. The maximum atomic E-state index is 11.9. The zero-order valence-electron chi connectivity index (χ0n) is 11.5. The van der Waals surface area contributed by atoms with E-state index in [-0.39, 0.29) is 5.91 Å². The van der Waals surface area contributed by atoms with Gasteiger partial charge >= 0.3 is 0 Å². The summed E-state index contributed by atoms with van der Waals surface area (Å²) in [5, 5.41) is 3.39. The van der Waals surface area contributed by atoms with Crippen molar-refractivity contribution in [3.8, 4) is 0 Å². The second kappa shape index (κ2) is 5.53. The molecule has 2 rings (SSSR count). The highest BCUT2D eigenvalue weighted by atomic mass is 16.2. The maximum absolute atomic E-state index is 11.9. The van der Waals surface area contributed by atoms with Crippen LogP contribution in [0, 0.1) is 6.92 Å². The number of nitrogens with zero attached hydrogens (tertiary/aromatic N) is 1. The Morgan fingerprint density at radius 2 is 1.94 bits per heavy atom. The lowest BCUT2D eigenvalue weighted by molar-refractivity contribution is 0.0827. The molecule has 1 aliphatic rings. The minimum absolute atomic E-state index is 0.0787. The summed E-state index contributed by atoms with van der Waals surface area (Å²) in [4.78, 5) is 13.5. The van der Waals surface area contributed by atoms with Gasteiger partial charge in [0.05, 0.1) is 0 Å². The van der Waals surface area contributed by atoms with E-state index in [9.17, 15) is 4.79 Å². The number of rotatable bonds is 2. The van der Waals surface area contributed by atoms with E-state index in [1.807, 2.05) is 12.1 Å². The van der Waals surface area contributed by atoms with Crippen molar-refractivity contribution in [3.05, 3.63) is 34.9 Å². The number of hydrogen-bond acceptors (Lipinski definition) is 2. The molecule has 18 heavy (non-hydrogen) atoms. The van der Waals surface area contributed by atoms with E-state index >= 15 is 0 Å². The molecule has 1 aromatic carbocycles. The highest BCUT2D eigenvalue weighted by molar-refractivity contribution is 5.94. The molecule has 0 atom stereocenters. The molecular weight excluding hydrogens is 224 g/mol. The molecule has 1 fully saturated rings. The molecule has 0 spiro atoms. The number of nitrogens with one attached hydrogen (secondary N) is 1. The van der Waals surface area contributed by atoms with Crippen molar-refractivity contribution in [2.24, 2.45) is 0 Å². The van der Waals surface area contributed by atoms with Crippen LogP contribution in [0.3, 0.4) is 0 Å². The van der Waals surface area contributed by atoms with Crippen LogP contribution in [0.2, 0.25) is 0 Å². The quantitative estimate of drug-likeness (QED) is 0.867. The van der Waals surface area contributed by atoms with Gasteiger partial charge < -0.3 is 10.2 Å². The summed E-state index contributed by atoms with van der Waals surface area (Å²) in [5.41, 5.74) is 3.44. The number of aryl methyl sites for hydroxylation is 1. The first-order chi connectivity index (χ1) is 8.59.